The van der Waals surface area contributed by atoms with Crippen LogP contribution < -0.4 is 15.4 Å². The summed E-state index contributed by atoms with van der Waals surface area (Å²) in [6.45, 7) is -0.0393. The molecule has 2 rings (SSSR count). The number of hydrogen-bond acceptors (Lipinski definition) is 4. The monoisotopic (exact) mass is 379 g/mol. The maximum atomic E-state index is 12.6. The Morgan fingerprint density at radius 2 is 1.82 bits per heavy atom. The largest absolute Gasteiger partial charge is 0.484 e. The first-order valence-electron chi connectivity index (χ1n) is 8.47. The first-order chi connectivity index (χ1) is 13.4. The van der Waals surface area contributed by atoms with E-state index in [0.29, 0.717) is 22.6 Å². The van der Waals surface area contributed by atoms with Gasteiger partial charge in [0, 0.05) is 19.7 Å². The number of nitrogens with zero attached hydrogens (tertiary/aromatic N) is 1. The molecule has 0 aliphatic carbocycles. The smallest absolute Gasteiger partial charge is 0.259 e. The zero-order valence-electron chi connectivity index (χ0n) is 15.7. The van der Waals surface area contributed by atoms with Crippen LogP contribution in [0, 0.1) is 12.3 Å². The predicted molar refractivity (Wildman–Crippen MR) is 106 cm³/mol. The lowest BCUT2D eigenvalue weighted by Crippen LogP contribution is -2.27. The van der Waals surface area contributed by atoms with Gasteiger partial charge in [-0.2, -0.15) is 0 Å². The molecule has 0 atom stereocenters. The molecule has 0 aliphatic heterocycles. The van der Waals surface area contributed by atoms with Crippen LogP contribution in [0.15, 0.2) is 48.5 Å². The van der Waals surface area contributed by atoms with Gasteiger partial charge in [-0.3, -0.25) is 14.4 Å². The second-order valence-electron chi connectivity index (χ2n) is 5.99. The summed E-state index contributed by atoms with van der Waals surface area (Å²) in [7, 11) is 3.26. The number of anilines is 1. The number of ether oxygens (including phenoxy) is 1. The van der Waals surface area contributed by atoms with E-state index < -0.39 is 5.91 Å². The van der Waals surface area contributed by atoms with E-state index >= 15 is 0 Å². The lowest BCUT2D eigenvalue weighted by Gasteiger charge is -2.13. The molecular formula is C21H21N3O4. The third-order valence-corrected chi connectivity index (χ3v) is 3.73. The quantitative estimate of drug-likeness (QED) is 0.718. The Bertz CT molecular complexity index is 916. The van der Waals surface area contributed by atoms with Crippen molar-refractivity contribution in [2.24, 2.45) is 0 Å². The van der Waals surface area contributed by atoms with Gasteiger partial charge in [0.15, 0.2) is 6.61 Å². The summed E-state index contributed by atoms with van der Waals surface area (Å²) in [5.41, 5.74) is 0.986. The number of rotatable bonds is 7. The summed E-state index contributed by atoms with van der Waals surface area (Å²) >= 11 is 0. The topological polar surface area (TPSA) is 87.7 Å². The minimum Gasteiger partial charge on any atom is -0.484 e. The van der Waals surface area contributed by atoms with Crippen molar-refractivity contribution >= 4 is 23.4 Å². The van der Waals surface area contributed by atoms with Crippen molar-refractivity contribution in [2.45, 2.75) is 0 Å². The molecule has 0 bridgehead atoms. The molecule has 2 N–H and O–H groups in total. The number of terminal acetylenes is 1. The number of hydrogen-bond donors (Lipinski definition) is 2. The average molecular weight is 379 g/mol. The maximum absolute atomic E-state index is 12.6. The van der Waals surface area contributed by atoms with Crippen LogP contribution in [-0.2, 0) is 4.79 Å². The van der Waals surface area contributed by atoms with Crippen LogP contribution in [-0.4, -0.2) is 49.9 Å². The van der Waals surface area contributed by atoms with Gasteiger partial charge in [0.25, 0.3) is 17.7 Å². The number of nitrogens with one attached hydrogen (secondary N) is 2. The molecule has 7 nitrogen and oxygen atoms in total. The summed E-state index contributed by atoms with van der Waals surface area (Å²) in [6, 6.07) is 13.1. The average Bonchev–Trinajstić information content (AvgIpc) is 2.70. The highest BCUT2D eigenvalue weighted by molar-refractivity contribution is 6.09. The summed E-state index contributed by atoms with van der Waals surface area (Å²) in [5.74, 6) is 1.73. The van der Waals surface area contributed by atoms with E-state index in [0.717, 1.165) is 0 Å². The van der Waals surface area contributed by atoms with E-state index in [1.807, 2.05) is 0 Å². The lowest BCUT2D eigenvalue weighted by molar-refractivity contribution is -0.130. The fraction of sp³-hybridized carbons (Fsp3) is 0.190. The molecule has 0 unspecified atom stereocenters. The van der Waals surface area contributed by atoms with E-state index in [9.17, 15) is 14.4 Å². The number of benzene rings is 2. The molecule has 2 aromatic carbocycles. The first-order valence-corrected chi connectivity index (χ1v) is 8.47. The Kier molecular flexibility index (Phi) is 7.17. The third-order valence-electron chi connectivity index (χ3n) is 3.73. The van der Waals surface area contributed by atoms with Crippen LogP contribution in [0.5, 0.6) is 5.75 Å². The molecule has 0 aromatic heterocycles. The molecule has 0 saturated carbocycles. The fourth-order valence-corrected chi connectivity index (χ4v) is 2.21. The van der Waals surface area contributed by atoms with Gasteiger partial charge in [-0.05, 0) is 30.3 Å². The van der Waals surface area contributed by atoms with E-state index in [1.165, 1.54) is 11.0 Å². The number of amides is 3. The maximum Gasteiger partial charge on any atom is 0.259 e. The van der Waals surface area contributed by atoms with Crippen LogP contribution in [0.2, 0.25) is 0 Å². The SMILES string of the molecule is C#CCNC(=O)c1ccccc1NC(=O)c1cccc(OCC(=O)N(C)C)c1. The van der Waals surface area contributed by atoms with Crippen molar-refractivity contribution < 1.29 is 19.1 Å². The van der Waals surface area contributed by atoms with Gasteiger partial charge in [0.1, 0.15) is 5.75 Å². The van der Waals surface area contributed by atoms with Gasteiger partial charge in [0.2, 0.25) is 0 Å². The molecule has 2 aromatic rings. The molecular weight excluding hydrogens is 358 g/mol. The second-order valence-corrected chi connectivity index (χ2v) is 5.99. The highest BCUT2D eigenvalue weighted by atomic mass is 16.5. The second kappa shape index (κ2) is 9.78. The van der Waals surface area contributed by atoms with E-state index in [-0.39, 0.29) is 25.0 Å². The molecule has 3 amide bonds. The Labute approximate surface area is 163 Å². The van der Waals surface area contributed by atoms with Crippen molar-refractivity contribution in [1.82, 2.24) is 10.2 Å². The van der Waals surface area contributed by atoms with Crippen molar-refractivity contribution in [3.05, 3.63) is 59.7 Å². The van der Waals surface area contributed by atoms with Crippen LogP contribution in [0.1, 0.15) is 20.7 Å². The summed E-state index contributed by atoms with van der Waals surface area (Å²) in [6.07, 6.45) is 5.15. The number of carbonyl (C=O) groups is 3. The van der Waals surface area contributed by atoms with Crippen LogP contribution in [0.4, 0.5) is 5.69 Å². The number of likely N-dealkylation sites (N-methyl/N-ethyl adjacent to an activating group) is 1. The molecule has 0 heterocycles. The standard InChI is InChI=1S/C21H21N3O4/c1-4-12-22-21(27)17-10-5-6-11-18(17)23-20(26)15-8-7-9-16(13-15)28-14-19(25)24(2)3/h1,5-11,13H,12,14H2,2-3H3,(H,22,27)(H,23,26). The molecule has 0 radical (unpaired) electrons. The molecule has 0 spiro atoms. The van der Waals surface area contributed by atoms with Gasteiger partial charge < -0.3 is 20.3 Å². The molecule has 144 valence electrons. The summed E-state index contributed by atoms with van der Waals surface area (Å²) in [5, 5.41) is 5.28. The lowest BCUT2D eigenvalue weighted by atomic mass is 10.1. The van der Waals surface area contributed by atoms with Crippen molar-refractivity contribution in [3.8, 4) is 18.1 Å². The Morgan fingerprint density at radius 3 is 2.54 bits per heavy atom. The Hall–Kier alpha value is -3.79. The van der Waals surface area contributed by atoms with Crippen LogP contribution in [0.3, 0.4) is 0 Å². The fourth-order valence-electron chi connectivity index (χ4n) is 2.21. The molecule has 0 saturated heterocycles. The predicted octanol–water partition coefficient (Wildman–Crippen LogP) is 1.77. The van der Waals surface area contributed by atoms with Gasteiger partial charge in [0.05, 0.1) is 17.8 Å². The molecule has 0 fully saturated rings. The molecule has 7 heteroatoms. The molecule has 0 aliphatic rings. The van der Waals surface area contributed by atoms with Crippen molar-refractivity contribution in [1.29, 1.82) is 0 Å². The van der Waals surface area contributed by atoms with Gasteiger partial charge in [-0.15, -0.1) is 6.42 Å². The Morgan fingerprint density at radius 1 is 1.07 bits per heavy atom. The van der Waals surface area contributed by atoms with Crippen LogP contribution in [0.25, 0.3) is 0 Å². The zero-order valence-corrected chi connectivity index (χ0v) is 15.7. The zero-order chi connectivity index (χ0) is 20.5. The van der Waals surface area contributed by atoms with E-state index in [1.54, 1.807) is 56.6 Å². The van der Waals surface area contributed by atoms with Gasteiger partial charge in [-0.25, -0.2) is 0 Å². The summed E-state index contributed by atoms with van der Waals surface area (Å²) in [4.78, 5) is 37.8. The normalized spacial score (nSPS) is 9.75. The van der Waals surface area contributed by atoms with E-state index in [2.05, 4.69) is 16.6 Å². The first kappa shape index (κ1) is 20.5. The minimum absolute atomic E-state index is 0.0895. The van der Waals surface area contributed by atoms with E-state index in [4.69, 9.17) is 11.2 Å². The number of carbonyl (C=O) groups excluding carboxylic acids is 3. The highest BCUT2D eigenvalue weighted by Crippen LogP contribution is 2.18. The minimum atomic E-state index is -0.415. The van der Waals surface area contributed by atoms with Crippen molar-refractivity contribution in [3.63, 3.8) is 0 Å². The number of para-hydroxylation sites is 1. The van der Waals surface area contributed by atoms with Crippen LogP contribution >= 0.6 is 0 Å². The van der Waals surface area contributed by atoms with Gasteiger partial charge >= 0.3 is 0 Å². The summed E-state index contributed by atoms with van der Waals surface area (Å²) < 4.78 is 5.42. The molecule has 28 heavy (non-hydrogen) atoms. The third kappa shape index (κ3) is 5.61. The Balaban J connectivity index is 2.12. The highest BCUT2D eigenvalue weighted by Gasteiger charge is 2.14. The van der Waals surface area contributed by atoms with Gasteiger partial charge in [-0.1, -0.05) is 24.1 Å². The van der Waals surface area contributed by atoms with Crippen molar-refractivity contribution in [2.75, 3.05) is 32.6 Å².